The average molecular weight is 494 g/mol. The van der Waals surface area contributed by atoms with Crippen LogP contribution in [0.4, 0.5) is 5.82 Å². The number of tetrazole rings is 1. The summed E-state index contributed by atoms with van der Waals surface area (Å²) in [6.45, 7) is 10.2. The lowest BCUT2D eigenvalue weighted by molar-refractivity contribution is -0.124. The Bertz CT molecular complexity index is 1150. The van der Waals surface area contributed by atoms with E-state index >= 15 is 0 Å². The fourth-order valence-corrected chi connectivity index (χ4v) is 3.78. The second-order valence-electron chi connectivity index (χ2n) is 8.99. The van der Waals surface area contributed by atoms with Crippen molar-refractivity contribution in [2.75, 3.05) is 5.32 Å². The molecule has 2 heterocycles. The van der Waals surface area contributed by atoms with Crippen molar-refractivity contribution in [1.29, 1.82) is 0 Å². The minimum absolute atomic E-state index is 0.0132. The normalized spacial score (nSPS) is 14.4. The molecule has 3 rings (SSSR count). The second-order valence-corrected chi connectivity index (χ2v) is 8.99. The summed E-state index contributed by atoms with van der Waals surface area (Å²) in [4.78, 5) is 23.1. The van der Waals surface area contributed by atoms with Crippen LogP contribution in [0.3, 0.4) is 0 Å². The first-order valence-corrected chi connectivity index (χ1v) is 12.2. The molecule has 0 bridgehead atoms. The molecule has 0 saturated heterocycles. The van der Waals surface area contributed by atoms with Gasteiger partial charge >= 0.3 is 0 Å². The lowest BCUT2D eigenvalue weighted by atomic mass is 9.88. The van der Waals surface area contributed by atoms with Gasteiger partial charge in [0.1, 0.15) is 5.82 Å². The number of benzene rings is 1. The van der Waals surface area contributed by atoms with E-state index in [-0.39, 0.29) is 36.6 Å². The maximum atomic E-state index is 12.9. The minimum atomic E-state index is -0.242. The predicted octanol–water partition coefficient (Wildman–Crippen LogP) is 3.99. The molecule has 36 heavy (non-hydrogen) atoms. The molecule has 2 aromatic heterocycles. The Balaban J connectivity index is 1.67. The average Bonchev–Trinajstić information content (AvgIpc) is 3.30. The van der Waals surface area contributed by atoms with Crippen LogP contribution in [0.2, 0.25) is 0 Å². The number of nitrogens with zero attached hydrogens (tertiary/aromatic N) is 6. The maximum absolute atomic E-state index is 12.9. The summed E-state index contributed by atoms with van der Waals surface area (Å²) >= 11 is 0. The third-order valence-corrected chi connectivity index (χ3v) is 5.94. The van der Waals surface area contributed by atoms with Gasteiger partial charge in [0.2, 0.25) is 11.7 Å². The van der Waals surface area contributed by atoms with Crippen LogP contribution in [0.15, 0.2) is 53.7 Å². The van der Waals surface area contributed by atoms with Crippen LogP contribution in [0.25, 0.3) is 0 Å². The molecule has 1 N–H and O–H groups in total. The van der Waals surface area contributed by atoms with Crippen molar-refractivity contribution >= 4 is 17.4 Å². The highest BCUT2D eigenvalue weighted by atomic mass is 16.6. The van der Waals surface area contributed by atoms with E-state index in [1.807, 2.05) is 70.2 Å². The van der Waals surface area contributed by atoms with Crippen LogP contribution < -0.4 is 5.32 Å². The highest BCUT2D eigenvalue weighted by molar-refractivity contribution is 6.10. The van der Waals surface area contributed by atoms with Gasteiger partial charge in [-0.1, -0.05) is 62.3 Å². The van der Waals surface area contributed by atoms with Gasteiger partial charge in [-0.3, -0.25) is 4.79 Å². The van der Waals surface area contributed by atoms with Crippen LogP contribution in [-0.2, 0) is 28.0 Å². The third kappa shape index (κ3) is 7.17. The van der Waals surface area contributed by atoms with Crippen molar-refractivity contribution in [3.05, 3.63) is 65.6 Å². The van der Waals surface area contributed by atoms with E-state index in [4.69, 9.17) is 9.57 Å². The molecule has 0 radical (unpaired) electrons. The number of ether oxygens (including phenoxy) is 1. The number of carbonyl (C=O) groups is 1. The quantitative estimate of drug-likeness (QED) is 0.299. The third-order valence-electron chi connectivity index (χ3n) is 5.94. The van der Waals surface area contributed by atoms with Gasteiger partial charge in [0.05, 0.1) is 17.9 Å². The van der Waals surface area contributed by atoms with Crippen LogP contribution >= 0.6 is 0 Å². The number of amides is 1. The maximum Gasteiger partial charge on any atom is 0.228 e. The standard InChI is InChI=1S/C26H35N7O3/c1-7-22(36-17(2)3)18(4)19(5)26(34)28-23-15-11-14-21(27-23)16-35-30-24(20-12-9-8-10-13-20)25-29-31-32-33(25)6/h8-15,17-19,22H,7,16H2,1-6H3,(H,27,28,34). The van der Waals surface area contributed by atoms with Gasteiger partial charge in [0.15, 0.2) is 12.3 Å². The molecule has 10 heteroatoms. The molecule has 10 nitrogen and oxygen atoms in total. The summed E-state index contributed by atoms with van der Waals surface area (Å²) < 4.78 is 7.52. The van der Waals surface area contributed by atoms with E-state index in [1.165, 1.54) is 4.68 Å². The molecule has 0 aliphatic carbocycles. The van der Waals surface area contributed by atoms with Gasteiger partial charge in [0.25, 0.3) is 0 Å². The molecular formula is C26H35N7O3. The first kappa shape index (κ1) is 26.9. The highest BCUT2D eigenvalue weighted by Crippen LogP contribution is 2.23. The lowest BCUT2D eigenvalue weighted by Gasteiger charge is -2.29. The lowest BCUT2D eigenvalue weighted by Crippen LogP contribution is -2.35. The minimum Gasteiger partial charge on any atom is -0.389 e. The van der Waals surface area contributed by atoms with Crippen molar-refractivity contribution in [3.8, 4) is 0 Å². The Kier molecular flexibility index (Phi) is 9.63. The Hall–Kier alpha value is -3.66. The van der Waals surface area contributed by atoms with Gasteiger partial charge in [-0.25, -0.2) is 9.67 Å². The number of hydrogen-bond donors (Lipinski definition) is 1. The Morgan fingerprint density at radius 1 is 1.08 bits per heavy atom. The number of rotatable bonds is 12. The van der Waals surface area contributed by atoms with E-state index in [1.54, 1.807) is 13.1 Å². The largest absolute Gasteiger partial charge is 0.389 e. The van der Waals surface area contributed by atoms with E-state index in [9.17, 15) is 4.79 Å². The van der Waals surface area contributed by atoms with Crippen molar-refractivity contribution in [2.45, 2.75) is 59.9 Å². The molecule has 0 fully saturated rings. The number of aromatic nitrogens is 5. The number of nitrogens with one attached hydrogen (secondary N) is 1. The highest BCUT2D eigenvalue weighted by Gasteiger charge is 2.28. The SMILES string of the molecule is CCC(OC(C)C)C(C)C(C)C(=O)Nc1cccc(CON=C(c2ccccc2)c2nnnn2C)n1. The molecule has 1 amide bonds. The molecule has 3 atom stereocenters. The summed E-state index contributed by atoms with van der Waals surface area (Å²) in [6, 6.07) is 14.9. The smallest absolute Gasteiger partial charge is 0.228 e. The van der Waals surface area contributed by atoms with Crippen LogP contribution in [-0.4, -0.2) is 49.0 Å². The molecular weight excluding hydrogens is 458 g/mol. The van der Waals surface area contributed by atoms with Crippen LogP contribution in [0, 0.1) is 11.8 Å². The zero-order valence-corrected chi connectivity index (χ0v) is 21.8. The molecule has 0 aliphatic rings. The summed E-state index contributed by atoms with van der Waals surface area (Å²) in [5.41, 5.74) is 1.94. The van der Waals surface area contributed by atoms with Gasteiger partial charge in [-0.05, 0) is 48.7 Å². The molecule has 0 spiro atoms. The number of hydrogen-bond acceptors (Lipinski definition) is 8. The van der Waals surface area contributed by atoms with E-state index < -0.39 is 0 Å². The zero-order chi connectivity index (χ0) is 26.1. The van der Waals surface area contributed by atoms with Gasteiger partial charge in [-0.2, -0.15) is 0 Å². The van der Waals surface area contributed by atoms with Gasteiger partial charge in [-0.15, -0.1) is 5.10 Å². The zero-order valence-electron chi connectivity index (χ0n) is 21.8. The summed E-state index contributed by atoms with van der Waals surface area (Å²) in [7, 11) is 1.74. The Labute approximate surface area is 212 Å². The number of pyridine rings is 1. The Morgan fingerprint density at radius 3 is 2.47 bits per heavy atom. The van der Waals surface area contributed by atoms with E-state index in [0.717, 1.165) is 12.0 Å². The molecule has 0 aliphatic heterocycles. The number of aryl methyl sites for hydroxylation is 1. The predicted molar refractivity (Wildman–Crippen MR) is 137 cm³/mol. The van der Waals surface area contributed by atoms with Crippen LogP contribution in [0.5, 0.6) is 0 Å². The Morgan fingerprint density at radius 2 is 1.83 bits per heavy atom. The van der Waals surface area contributed by atoms with Crippen molar-refractivity contribution < 1.29 is 14.4 Å². The summed E-state index contributed by atoms with van der Waals surface area (Å²) in [5, 5.41) is 18.9. The van der Waals surface area contributed by atoms with E-state index in [0.29, 0.717) is 23.0 Å². The number of anilines is 1. The summed E-state index contributed by atoms with van der Waals surface area (Å²) in [5.74, 6) is 0.657. The second kappa shape index (κ2) is 12.9. The van der Waals surface area contributed by atoms with Gasteiger partial charge < -0.3 is 14.9 Å². The fraction of sp³-hybridized carbons (Fsp3) is 0.462. The number of carbonyl (C=O) groups excluding carboxylic acids is 1. The molecule has 1 aromatic carbocycles. The molecule has 3 aromatic rings. The summed E-state index contributed by atoms with van der Waals surface area (Å²) in [6.07, 6.45) is 0.970. The molecule has 0 saturated carbocycles. The topological polar surface area (TPSA) is 116 Å². The van der Waals surface area contributed by atoms with Crippen molar-refractivity contribution in [2.24, 2.45) is 24.0 Å². The van der Waals surface area contributed by atoms with Crippen LogP contribution in [0.1, 0.15) is 58.1 Å². The van der Waals surface area contributed by atoms with Crippen molar-refractivity contribution in [1.82, 2.24) is 25.2 Å². The van der Waals surface area contributed by atoms with Gasteiger partial charge in [0, 0.05) is 18.5 Å². The first-order chi connectivity index (χ1) is 17.3. The first-order valence-electron chi connectivity index (χ1n) is 12.2. The van der Waals surface area contributed by atoms with Crippen molar-refractivity contribution in [3.63, 3.8) is 0 Å². The number of oxime groups is 1. The molecule has 192 valence electrons. The molecule has 3 unspecified atom stereocenters. The van der Waals surface area contributed by atoms with E-state index in [2.05, 4.69) is 37.9 Å². The monoisotopic (exact) mass is 493 g/mol. The fourth-order valence-electron chi connectivity index (χ4n) is 3.78.